The summed E-state index contributed by atoms with van der Waals surface area (Å²) in [4.78, 5) is 11.3. The summed E-state index contributed by atoms with van der Waals surface area (Å²) in [6.07, 6.45) is 1.33. The van der Waals surface area contributed by atoms with Crippen molar-refractivity contribution in [3.63, 3.8) is 0 Å². The molecule has 0 fully saturated rings. The molecule has 1 aromatic rings. The molecule has 5 nitrogen and oxygen atoms in total. The first-order chi connectivity index (χ1) is 5.68. The Bertz CT molecular complexity index is 330. The zero-order valence-electron chi connectivity index (χ0n) is 6.66. The lowest BCUT2D eigenvalue weighted by Crippen LogP contribution is -2.50. The van der Waals surface area contributed by atoms with Crippen molar-refractivity contribution >= 4 is 11.7 Å². The predicted molar refractivity (Wildman–Crippen MR) is 44.5 cm³/mol. The third-order valence-electron chi connectivity index (χ3n) is 1.90. The number of anilines is 1. The van der Waals surface area contributed by atoms with Gasteiger partial charge in [0.1, 0.15) is 5.82 Å². The predicted octanol–water partition coefficient (Wildman–Crippen LogP) is -0.577. The van der Waals surface area contributed by atoms with Crippen molar-refractivity contribution in [3.05, 3.63) is 17.8 Å². The van der Waals surface area contributed by atoms with E-state index in [1.807, 2.05) is 17.8 Å². The highest BCUT2D eigenvalue weighted by atomic mass is 16.2. The third kappa shape index (κ3) is 0.868. The Labute approximate surface area is 69.5 Å². The molecule has 0 spiro atoms. The molecule has 1 aliphatic heterocycles. The molecule has 1 aliphatic rings. The van der Waals surface area contributed by atoms with Crippen LogP contribution in [0.4, 0.5) is 5.82 Å². The molecule has 1 amide bonds. The first-order valence-electron chi connectivity index (χ1n) is 3.67. The Morgan fingerprint density at radius 3 is 3.08 bits per heavy atom. The van der Waals surface area contributed by atoms with Gasteiger partial charge in [-0.3, -0.25) is 10.5 Å². The highest BCUT2D eigenvalue weighted by Crippen LogP contribution is 2.18. The fraction of sp³-hybridized carbons (Fsp3) is 0.286. The molecule has 0 bridgehead atoms. The molecule has 12 heavy (non-hydrogen) atoms. The van der Waals surface area contributed by atoms with Crippen molar-refractivity contribution in [3.8, 4) is 0 Å². The minimum atomic E-state index is -0.487. The van der Waals surface area contributed by atoms with Crippen molar-refractivity contribution in [2.75, 3.05) is 5.32 Å². The van der Waals surface area contributed by atoms with Gasteiger partial charge in [0.2, 0.25) is 0 Å². The fourth-order valence-electron chi connectivity index (χ4n) is 1.29. The van der Waals surface area contributed by atoms with E-state index < -0.39 is 6.29 Å². The molecule has 0 aromatic carbocycles. The van der Waals surface area contributed by atoms with Crippen LogP contribution in [-0.2, 0) is 7.05 Å². The monoisotopic (exact) mass is 166 g/mol. The van der Waals surface area contributed by atoms with Gasteiger partial charge in [-0.2, -0.15) is 0 Å². The van der Waals surface area contributed by atoms with Gasteiger partial charge in [-0.1, -0.05) is 0 Å². The number of carbonyl (C=O) groups is 1. The van der Waals surface area contributed by atoms with Crippen LogP contribution < -0.4 is 16.4 Å². The molecular formula is C7H10N4O. The summed E-state index contributed by atoms with van der Waals surface area (Å²) in [5, 5.41) is 5.51. The van der Waals surface area contributed by atoms with Gasteiger partial charge in [-0.15, -0.1) is 0 Å². The normalized spacial score (nSPS) is 21.2. The number of aromatic nitrogens is 1. The fourth-order valence-corrected chi connectivity index (χ4v) is 1.29. The van der Waals surface area contributed by atoms with Gasteiger partial charge in [0.05, 0.1) is 5.56 Å². The SMILES string of the molecule is Cn1ccc2c1NC(N)NC2=O. The molecule has 0 aliphatic carbocycles. The molecule has 1 atom stereocenters. The Morgan fingerprint density at radius 2 is 2.33 bits per heavy atom. The van der Waals surface area contributed by atoms with Gasteiger partial charge in [0.15, 0.2) is 6.29 Å². The van der Waals surface area contributed by atoms with E-state index >= 15 is 0 Å². The quantitative estimate of drug-likeness (QED) is 0.483. The van der Waals surface area contributed by atoms with E-state index in [9.17, 15) is 4.79 Å². The summed E-state index contributed by atoms with van der Waals surface area (Å²) in [7, 11) is 1.86. The number of nitrogens with two attached hydrogens (primary N) is 1. The molecule has 0 radical (unpaired) electrons. The molecule has 5 heteroatoms. The zero-order valence-corrected chi connectivity index (χ0v) is 6.66. The maximum absolute atomic E-state index is 11.3. The first-order valence-corrected chi connectivity index (χ1v) is 3.67. The van der Waals surface area contributed by atoms with E-state index in [4.69, 9.17) is 5.73 Å². The number of carbonyl (C=O) groups excluding carboxylic acids is 1. The summed E-state index contributed by atoms with van der Waals surface area (Å²) in [5.41, 5.74) is 6.15. The van der Waals surface area contributed by atoms with E-state index in [2.05, 4.69) is 10.6 Å². The molecule has 0 saturated heterocycles. The van der Waals surface area contributed by atoms with Gasteiger partial charge in [0, 0.05) is 13.2 Å². The number of aryl methyl sites for hydroxylation is 1. The van der Waals surface area contributed by atoms with Gasteiger partial charge >= 0.3 is 0 Å². The second-order valence-electron chi connectivity index (χ2n) is 2.78. The smallest absolute Gasteiger partial charge is 0.257 e. The van der Waals surface area contributed by atoms with Gasteiger partial charge < -0.3 is 15.2 Å². The maximum atomic E-state index is 11.3. The highest BCUT2D eigenvalue weighted by molar-refractivity contribution is 6.00. The molecule has 0 saturated carbocycles. The molecule has 2 rings (SSSR count). The second-order valence-corrected chi connectivity index (χ2v) is 2.78. The van der Waals surface area contributed by atoms with Crippen LogP contribution in [0.25, 0.3) is 0 Å². The summed E-state index contributed by atoms with van der Waals surface area (Å²) in [5.74, 6) is 0.642. The van der Waals surface area contributed by atoms with Crippen molar-refractivity contribution in [2.24, 2.45) is 12.8 Å². The van der Waals surface area contributed by atoms with Crippen molar-refractivity contribution in [2.45, 2.75) is 6.29 Å². The lowest BCUT2D eigenvalue weighted by molar-refractivity contribution is 0.0937. The largest absolute Gasteiger partial charge is 0.339 e. The third-order valence-corrected chi connectivity index (χ3v) is 1.90. The molecule has 1 aromatic heterocycles. The van der Waals surface area contributed by atoms with Crippen molar-refractivity contribution in [1.82, 2.24) is 9.88 Å². The van der Waals surface area contributed by atoms with E-state index in [0.717, 1.165) is 5.82 Å². The Morgan fingerprint density at radius 1 is 1.58 bits per heavy atom. The molecular weight excluding hydrogens is 156 g/mol. The van der Waals surface area contributed by atoms with E-state index in [-0.39, 0.29) is 5.91 Å². The van der Waals surface area contributed by atoms with Crippen LogP contribution in [0.3, 0.4) is 0 Å². The summed E-state index contributed by atoms with van der Waals surface area (Å²) in [6, 6.07) is 1.75. The number of hydrogen-bond acceptors (Lipinski definition) is 3. The standard InChI is InChI=1S/C7H10N4O/c1-11-3-2-4-5(11)9-7(8)10-6(4)12/h2-3,7,9H,8H2,1H3,(H,10,12). The molecule has 64 valence electrons. The maximum Gasteiger partial charge on any atom is 0.257 e. The number of amides is 1. The first kappa shape index (κ1) is 7.17. The lowest BCUT2D eigenvalue weighted by atomic mass is 10.2. The van der Waals surface area contributed by atoms with E-state index in [1.54, 1.807) is 6.07 Å². The summed E-state index contributed by atoms with van der Waals surface area (Å²) >= 11 is 0. The number of fused-ring (bicyclic) bond motifs is 1. The number of nitrogens with zero attached hydrogens (tertiary/aromatic N) is 1. The second kappa shape index (κ2) is 2.25. The highest BCUT2D eigenvalue weighted by Gasteiger charge is 2.22. The molecule has 4 N–H and O–H groups in total. The number of nitrogens with one attached hydrogen (secondary N) is 2. The Hall–Kier alpha value is -1.49. The lowest BCUT2D eigenvalue weighted by Gasteiger charge is -2.23. The summed E-state index contributed by atoms with van der Waals surface area (Å²) < 4.78 is 1.83. The van der Waals surface area contributed by atoms with Crippen LogP contribution in [0, 0.1) is 0 Å². The Kier molecular flexibility index (Phi) is 1.34. The molecule has 1 unspecified atom stereocenters. The van der Waals surface area contributed by atoms with Crippen LogP contribution in [0.2, 0.25) is 0 Å². The van der Waals surface area contributed by atoms with Gasteiger partial charge in [-0.05, 0) is 6.07 Å². The van der Waals surface area contributed by atoms with E-state index in [0.29, 0.717) is 5.56 Å². The Balaban J connectivity index is 2.50. The van der Waals surface area contributed by atoms with Crippen molar-refractivity contribution in [1.29, 1.82) is 0 Å². The number of rotatable bonds is 0. The minimum absolute atomic E-state index is 0.128. The average molecular weight is 166 g/mol. The van der Waals surface area contributed by atoms with Gasteiger partial charge in [-0.25, -0.2) is 0 Å². The van der Waals surface area contributed by atoms with Crippen LogP contribution >= 0.6 is 0 Å². The van der Waals surface area contributed by atoms with Gasteiger partial charge in [0.25, 0.3) is 5.91 Å². The average Bonchev–Trinajstić information content (AvgIpc) is 2.33. The van der Waals surface area contributed by atoms with Crippen LogP contribution in [0.5, 0.6) is 0 Å². The zero-order chi connectivity index (χ0) is 8.72. The van der Waals surface area contributed by atoms with Crippen LogP contribution in [0.1, 0.15) is 10.4 Å². The van der Waals surface area contributed by atoms with Crippen LogP contribution in [-0.4, -0.2) is 16.8 Å². The van der Waals surface area contributed by atoms with Crippen LogP contribution in [0.15, 0.2) is 12.3 Å². The minimum Gasteiger partial charge on any atom is -0.339 e. The van der Waals surface area contributed by atoms with Crippen molar-refractivity contribution < 1.29 is 4.79 Å². The topological polar surface area (TPSA) is 72.1 Å². The summed E-state index contributed by atoms with van der Waals surface area (Å²) in [6.45, 7) is 0. The molecule has 2 heterocycles. The number of hydrogen-bond donors (Lipinski definition) is 3. The van der Waals surface area contributed by atoms with E-state index in [1.165, 1.54) is 0 Å².